The zero-order valence-corrected chi connectivity index (χ0v) is 12.3. The Hall–Kier alpha value is -0.870. The molecule has 0 spiro atoms. The Kier molecular flexibility index (Phi) is 4.86. The normalized spacial score (nSPS) is 12.5. The van der Waals surface area contributed by atoms with Crippen molar-refractivity contribution in [3.8, 4) is 0 Å². The first-order chi connectivity index (χ1) is 9.40. The van der Waals surface area contributed by atoms with Gasteiger partial charge in [0.25, 0.3) is 0 Å². The van der Waals surface area contributed by atoms with Crippen molar-refractivity contribution in [2.24, 2.45) is 0 Å². The fraction of sp³-hybridized carbons (Fsp3) is 0.143. The molecular weight excluding hydrogens is 329 g/mol. The molecule has 0 aromatic heterocycles. The Morgan fingerprint density at radius 3 is 2.40 bits per heavy atom. The van der Waals surface area contributed by atoms with Crippen molar-refractivity contribution in [3.05, 3.63) is 68.2 Å². The largest absolute Gasteiger partial charge is 0.388 e. The lowest BCUT2D eigenvalue weighted by molar-refractivity contribution is 0.173. The molecule has 2 aromatic rings. The molecule has 1 nitrogen and oxygen atoms in total. The molecule has 0 heterocycles. The molecule has 2 aromatic carbocycles. The fourth-order valence-electron chi connectivity index (χ4n) is 1.82. The summed E-state index contributed by atoms with van der Waals surface area (Å²) in [5, 5.41) is 10.3. The number of halogens is 5. The van der Waals surface area contributed by atoms with Crippen LogP contribution in [0.15, 0.2) is 30.3 Å². The molecule has 1 N–H and O–H groups in total. The predicted octanol–water partition coefficient (Wildman–Crippen LogP) is 5.20. The second-order valence-electron chi connectivity index (χ2n) is 4.22. The molecule has 0 aliphatic carbocycles. The van der Waals surface area contributed by atoms with Crippen LogP contribution in [-0.4, -0.2) is 5.11 Å². The van der Waals surface area contributed by atoms with Crippen LogP contribution in [0.1, 0.15) is 17.2 Å². The van der Waals surface area contributed by atoms with Crippen LogP contribution in [0.3, 0.4) is 0 Å². The summed E-state index contributed by atoms with van der Waals surface area (Å²) >= 11 is 17.3. The van der Waals surface area contributed by atoms with E-state index in [9.17, 15) is 13.9 Å². The lowest BCUT2D eigenvalue weighted by Crippen LogP contribution is -2.06. The van der Waals surface area contributed by atoms with Gasteiger partial charge in [0.05, 0.1) is 21.2 Å². The highest BCUT2D eigenvalue weighted by Gasteiger charge is 2.18. The lowest BCUT2D eigenvalue weighted by Gasteiger charge is -2.14. The van der Waals surface area contributed by atoms with Gasteiger partial charge >= 0.3 is 0 Å². The van der Waals surface area contributed by atoms with E-state index >= 15 is 0 Å². The first-order valence-electron chi connectivity index (χ1n) is 5.65. The second-order valence-corrected chi connectivity index (χ2v) is 5.41. The van der Waals surface area contributed by atoms with Crippen LogP contribution in [0, 0.1) is 11.6 Å². The Bertz CT molecular complexity index is 647. The van der Waals surface area contributed by atoms with Gasteiger partial charge in [-0.15, -0.1) is 0 Å². The number of benzene rings is 2. The highest BCUT2D eigenvalue weighted by molar-refractivity contribution is 6.42. The third-order valence-electron chi connectivity index (χ3n) is 2.84. The number of rotatable bonds is 3. The molecule has 0 radical (unpaired) electrons. The van der Waals surface area contributed by atoms with E-state index in [2.05, 4.69) is 0 Å². The smallest absolute Gasteiger partial charge is 0.142 e. The molecule has 6 heteroatoms. The summed E-state index contributed by atoms with van der Waals surface area (Å²) in [6, 6.07) is 6.62. The molecular formula is C14H9Cl3F2O. The average Bonchev–Trinajstić information content (AvgIpc) is 2.39. The number of hydrogen-bond acceptors (Lipinski definition) is 1. The maximum Gasteiger partial charge on any atom is 0.142 e. The minimum Gasteiger partial charge on any atom is -0.388 e. The monoisotopic (exact) mass is 336 g/mol. The Morgan fingerprint density at radius 2 is 1.70 bits per heavy atom. The van der Waals surface area contributed by atoms with Crippen LogP contribution in [0.2, 0.25) is 15.1 Å². The van der Waals surface area contributed by atoms with Crippen molar-refractivity contribution < 1.29 is 13.9 Å². The van der Waals surface area contributed by atoms with E-state index in [-0.39, 0.29) is 22.0 Å². The molecule has 0 amide bonds. The van der Waals surface area contributed by atoms with Gasteiger partial charge in [0.2, 0.25) is 0 Å². The van der Waals surface area contributed by atoms with Gasteiger partial charge in [-0.2, -0.15) is 0 Å². The topological polar surface area (TPSA) is 20.2 Å². The van der Waals surface area contributed by atoms with E-state index in [0.29, 0.717) is 10.6 Å². The number of hydrogen-bond donors (Lipinski definition) is 1. The number of aliphatic hydroxyl groups excluding tert-OH is 1. The van der Waals surface area contributed by atoms with Crippen LogP contribution in [0.5, 0.6) is 0 Å². The summed E-state index contributed by atoms with van der Waals surface area (Å²) in [4.78, 5) is 0. The maximum absolute atomic E-state index is 13.7. The Labute approximate surface area is 129 Å². The summed E-state index contributed by atoms with van der Waals surface area (Å²) in [7, 11) is 0. The van der Waals surface area contributed by atoms with Gasteiger partial charge in [-0.1, -0.05) is 46.9 Å². The SMILES string of the molecule is OC(Cc1cccc(Cl)c1Cl)c1cc(F)c(Cl)cc1F. The highest BCUT2D eigenvalue weighted by Crippen LogP contribution is 2.31. The molecule has 1 atom stereocenters. The van der Waals surface area contributed by atoms with Crippen molar-refractivity contribution in [2.75, 3.05) is 0 Å². The molecule has 106 valence electrons. The van der Waals surface area contributed by atoms with Gasteiger partial charge in [0.15, 0.2) is 0 Å². The van der Waals surface area contributed by atoms with Crippen LogP contribution in [0.25, 0.3) is 0 Å². The molecule has 0 aliphatic rings. The standard InChI is InChI=1S/C14H9Cl3F2O/c15-9-3-1-2-7(14(9)17)4-13(20)8-5-12(19)10(16)6-11(8)18/h1-3,5-6,13,20H,4H2. The summed E-state index contributed by atoms with van der Waals surface area (Å²) < 4.78 is 27.0. The van der Waals surface area contributed by atoms with Crippen LogP contribution < -0.4 is 0 Å². The summed E-state index contributed by atoms with van der Waals surface area (Å²) in [5.74, 6) is -1.57. The highest BCUT2D eigenvalue weighted by atomic mass is 35.5. The minimum atomic E-state index is -1.25. The second kappa shape index (κ2) is 6.27. The van der Waals surface area contributed by atoms with Crippen molar-refractivity contribution in [1.82, 2.24) is 0 Å². The predicted molar refractivity (Wildman–Crippen MR) is 76.5 cm³/mol. The molecule has 0 aliphatic heterocycles. The Balaban J connectivity index is 2.31. The molecule has 0 bridgehead atoms. The third kappa shape index (κ3) is 3.23. The molecule has 20 heavy (non-hydrogen) atoms. The quantitative estimate of drug-likeness (QED) is 0.763. The van der Waals surface area contributed by atoms with Crippen molar-refractivity contribution in [1.29, 1.82) is 0 Å². The summed E-state index contributed by atoms with van der Waals surface area (Å²) in [5.41, 5.74) is 0.365. The van der Waals surface area contributed by atoms with Crippen LogP contribution in [0.4, 0.5) is 8.78 Å². The maximum atomic E-state index is 13.7. The average molecular weight is 338 g/mol. The first-order valence-corrected chi connectivity index (χ1v) is 6.79. The van der Waals surface area contributed by atoms with E-state index in [1.165, 1.54) is 0 Å². The van der Waals surface area contributed by atoms with E-state index in [4.69, 9.17) is 34.8 Å². The minimum absolute atomic E-state index is 0.0113. The fourth-order valence-corrected chi connectivity index (χ4v) is 2.37. The van der Waals surface area contributed by atoms with Gasteiger partial charge in [-0.25, -0.2) is 8.78 Å². The van der Waals surface area contributed by atoms with Crippen molar-refractivity contribution in [3.63, 3.8) is 0 Å². The zero-order chi connectivity index (χ0) is 14.9. The Morgan fingerprint density at radius 1 is 1.00 bits per heavy atom. The van der Waals surface area contributed by atoms with E-state index in [1.807, 2.05) is 0 Å². The lowest BCUT2D eigenvalue weighted by atomic mass is 10.0. The molecule has 0 saturated carbocycles. The third-order valence-corrected chi connectivity index (χ3v) is 3.99. The summed E-state index contributed by atoms with van der Waals surface area (Å²) in [6.07, 6.45) is -1.24. The number of aliphatic hydroxyl groups is 1. The van der Waals surface area contributed by atoms with Gasteiger partial charge in [0, 0.05) is 12.0 Å². The molecule has 0 saturated heterocycles. The van der Waals surface area contributed by atoms with Gasteiger partial charge < -0.3 is 5.11 Å². The van der Waals surface area contributed by atoms with E-state index in [1.54, 1.807) is 18.2 Å². The molecule has 2 rings (SSSR count). The van der Waals surface area contributed by atoms with Gasteiger partial charge in [-0.05, 0) is 23.8 Å². The van der Waals surface area contributed by atoms with E-state index < -0.39 is 17.7 Å². The molecule has 1 unspecified atom stereocenters. The van der Waals surface area contributed by atoms with E-state index in [0.717, 1.165) is 12.1 Å². The molecule has 0 fully saturated rings. The summed E-state index contributed by atoms with van der Waals surface area (Å²) in [6.45, 7) is 0. The van der Waals surface area contributed by atoms with Gasteiger partial charge in [-0.3, -0.25) is 0 Å². The van der Waals surface area contributed by atoms with Crippen molar-refractivity contribution in [2.45, 2.75) is 12.5 Å². The zero-order valence-electron chi connectivity index (χ0n) is 10.0. The first kappa shape index (κ1) is 15.5. The van der Waals surface area contributed by atoms with Crippen molar-refractivity contribution >= 4 is 34.8 Å². The van der Waals surface area contributed by atoms with Crippen LogP contribution in [-0.2, 0) is 6.42 Å². The van der Waals surface area contributed by atoms with Gasteiger partial charge in [0.1, 0.15) is 11.6 Å². The van der Waals surface area contributed by atoms with Crippen LogP contribution >= 0.6 is 34.8 Å².